The number of aliphatic hydroxyl groups excluding tert-OH is 2. The van der Waals surface area contributed by atoms with E-state index in [9.17, 15) is 23.4 Å². The Bertz CT molecular complexity index is 794. The molecule has 0 aliphatic carbocycles. The summed E-state index contributed by atoms with van der Waals surface area (Å²) in [6, 6.07) is 6.83. The molecular formula is C19H20F3NO2. The van der Waals surface area contributed by atoms with Gasteiger partial charge in [0, 0.05) is 18.0 Å². The van der Waals surface area contributed by atoms with E-state index in [0.717, 1.165) is 6.07 Å². The van der Waals surface area contributed by atoms with Crippen LogP contribution < -0.4 is 4.90 Å². The van der Waals surface area contributed by atoms with Gasteiger partial charge in [0.25, 0.3) is 0 Å². The minimum absolute atomic E-state index is 0.174. The van der Waals surface area contributed by atoms with E-state index in [1.807, 2.05) is 13.8 Å². The Kier molecular flexibility index (Phi) is 4.51. The molecule has 0 radical (unpaired) electrons. The van der Waals surface area contributed by atoms with Crippen molar-refractivity contribution in [1.82, 2.24) is 0 Å². The summed E-state index contributed by atoms with van der Waals surface area (Å²) in [4.78, 5) is 1.58. The molecule has 2 aromatic carbocycles. The molecule has 0 unspecified atom stereocenters. The minimum atomic E-state index is -1.26. The van der Waals surface area contributed by atoms with Crippen LogP contribution in [-0.2, 0) is 5.41 Å². The molecule has 2 N–H and O–H groups in total. The normalized spacial score (nSPS) is 18.1. The highest BCUT2D eigenvalue weighted by Crippen LogP contribution is 2.46. The van der Waals surface area contributed by atoms with Gasteiger partial charge in [-0.1, -0.05) is 26.0 Å². The summed E-state index contributed by atoms with van der Waals surface area (Å²) in [5.74, 6) is -1.91. The Balaban J connectivity index is 2.16. The highest BCUT2D eigenvalue weighted by atomic mass is 19.1. The van der Waals surface area contributed by atoms with Crippen LogP contribution in [0.4, 0.5) is 18.9 Å². The lowest BCUT2D eigenvalue weighted by Gasteiger charge is -2.35. The molecule has 0 fully saturated rings. The lowest BCUT2D eigenvalue weighted by Crippen LogP contribution is -2.40. The zero-order chi connectivity index (χ0) is 18.4. The smallest absolute Gasteiger partial charge is 0.149 e. The van der Waals surface area contributed by atoms with Crippen LogP contribution in [0.1, 0.15) is 31.0 Å². The van der Waals surface area contributed by atoms with Crippen molar-refractivity contribution in [2.24, 2.45) is 0 Å². The average Bonchev–Trinajstić information content (AvgIpc) is 2.79. The van der Waals surface area contributed by atoms with Crippen LogP contribution in [0.5, 0.6) is 0 Å². The van der Waals surface area contributed by atoms with Gasteiger partial charge in [-0.3, -0.25) is 0 Å². The first-order chi connectivity index (χ1) is 11.7. The third kappa shape index (κ3) is 3.12. The molecule has 134 valence electrons. The Morgan fingerprint density at radius 3 is 2.48 bits per heavy atom. The van der Waals surface area contributed by atoms with E-state index in [1.54, 1.807) is 11.0 Å². The van der Waals surface area contributed by atoms with Crippen LogP contribution in [0, 0.1) is 17.5 Å². The van der Waals surface area contributed by atoms with E-state index >= 15 is 0 Å². The van der Waals surface area contributed by atoms with Crippen molar-refractivity contribution in [2.75, 3.05) is 18.1 Å². The Morgan fingerprint density at radius 2 is 1.84 bits per heavy atom. The molecule has 2 aromatic rings. The van der Waals surface area contributed by atoms with Crippen LogP contribution in [0.15, 0.2) is 36.4 Å². The number of aliphatic hydroxyl groups is 2. The van der Waals surface area contributed by atoms with Gasteiger partial charge in [0.05, 0.1) is 18.3 Å². The summed E-state index contributed by atoms with van der Waals surface area (Å²) in [5.41, 5.74) is 0.498. The van der Waals surface area contributed by atoms with E-state index in [0.29, 0.717) is 17.7 Å². The maximum Gasteiger partial charge on any atom is 0.149 e. The van der Waals surface area contributed by atoms with Crippen molar-refractivity contribution in [2.45, 2.75) is 31.4 Å². The summed E-state index contributed by atoms with van der Waals surface area (Å²) < 4.78 is 41.9. The van der Waals surface area contributed by atoms with Gasteiger partial charge in [0.15, 0.2) is 0 Å². The van der Waals surface area contributed by atoms with Crippen LogP contribution in [0.3, 0.4) is 0 Å². The van der Waals surface area contributed by atoms with Crippen molar-refractivity contribution in [3.8, 4) is 0 Å². The number of hydrogen-bond donors (Lipinski definition) is 2. The van der Waals surface area contributed by atoms with Crippen molar-refractivity contribution in [3.63, 3.8) is 0 Å². The molecule has 1 heterocycles. The van der Waals surface area contributed by atoms with E-state index in [-0.39, 0.29) is 5.69 Å². The SMILES string of the molecule is CC1(C)CN([C@@H](c2cccc(F)c2)[C@H](O)CO)c2c(F)cc(F)cc21. The zero-order valence-electron chi connectivity index (χ0n) is 14.0. The number of hydrogen-bond acceptors (Lipinski definition) is 3. The van der Waals surface area contributed by atoms with Gasteiger partial charge in [-0.2, -0.15) is 0 Å². The van der Waals surface area contributed by atoms with Gasteiger partial charge >= 0.3 is 0 Å². The van der Waals surface area contributed by atoms with Crippen LogP contribution in [0.25, 0.3) is 0 Å². The fraction of sp³-hybridized carbons (Fsp3) is 0.368. The molecule has 6 heteroatoms. The number of benzene rings is 2. The summed E-state index contributed by atoms with van der Waals surface area (Å²) in [7, 11) is 0. The summed E-state index contributed by atoms with van der Waals surface area (Å²) in [6.45, 7) is 3.41. The predicted molar refractivity (Wildman–Crippen MR) is 89.0 cm³/mol. The maximum atomic E-state index is 14.6. The van der Waals surface area contributed by atoms with Crippen molar-refractivity contribution >= 4 is 5.69 Å². The third-order valence-corrected chi connectivity index (χ3v) is 4.69. The van der Waals surface area contributed by atoms with Gasteiger partial charge in [-0.25, -0.2) is 13.2 Å². The number of nitrogens with zero attached hydrogens (tertiary/aromatic N) is 1. The monoisotopic (exact) mass is 351 g/mol. The van der Waals surface area contributed by atoms with Crippen molar-refractivity contribution < 1.29 is 23.4 Å². The fourth-order valence-electron chi connectivity index (χ4n) is 3.60. The minimum Gasteiger partial charge on any atom is -0.394 e. The van der Waals surface area contributed by atoms with E-state index in [4.69, 9.17) is 0 Å². The summed E-state index contributed by atoms with van der Waals surface area (Å²) in [5, 5.41) is 19.8. The first kappa shape index (κ1) is 17.8. The highest BCUT2D eigenvalue weighted by Gasteiger charge is 2.42. The lowest BCUT2D eigenvalue weighted by atomic mass is 9.87. The van der Waals surface area contributed by atoms with Crippen LogP contribution in [-0.4, -0.2) is 29.5 Å². The molecule has 0 aromatic heterocycles. The molecule has 3 rings (SSSR count). The van der Waals surface area contributed by atoms with E-state index < -0.39 is 41.6 Å². The highest BCUT2D eigenvalue weighted by molar-refractivity contribution is 5.65. The second-order valence-electron chi connectivity index (χ2n) is 7.05. The summed E-state index contributed by atoms with van der Waals surface area (Å²) >= 11 is 0. The number of anilines is 1. The molecule has 0 saturated carbocycles. The number of fused-ring (bicyclic) bond motifs is 1. The Hall–Kier alpha value is -2.05. The van der Waals surface area contributed by atoms with E-state index in [1.165, 1.54) is 24.3 Å². The fourth-order valence-corrected chi connectivity index (χ4v) is 3.60. The molecule has 1 aliphatic heterocycles. The lowest BCUT2D eigenvalue weighted by molar-refractivity contribution is 0.0708. The van der Waals surface area contributed by atoms with Crippen LogP contribution >= 0.6 is 0 Å². The van der Waals surface area contributed by atoms with Crippen LogP contribution in [0.2, 0.25) is 0 Å². The zero-order valence-corrected chi connectivity index (χ0v) is 14.0. The molecule has 2 atom stereocenters. The van der Waals surface area contributed by atoms with Gasteiger partial charge < -0.3 is 15.1 Å². The van der Waals surface area contributed by atoms with Crippen molar-refractivity contribution in [3.05, 3.63) is 65.0 Å². The molecule has 0 spiro atoms. The standard InChI is InChI=1S/C19H20F3NO2/c1-19(2)10-23(18-14(19)7-13(21)8-15(18)22)17(16(25)9-24)11-4-3-5-12(20)6-11/h3-8,16-17,24-25H,9-10H2,1-2H3/t16-,17+/m1/s1. The first-order valence-electron chi connectivity index (χ1n) is 8.05. The van der Waals surface area contributed by atoms with Gasteiger partial charge in [0.1, 0.15) is 23.6 Å². The predicted octanol–water partition coefficient (Wildman–Crippen LogP) is 3.30. The first-order valence-corrected chi connectivity index (χ1v) is 8.05. The van der Waals surface area contributed by atoms with Gasteiger partial charge in [0.2, 0.25) is 0 Å². The second-order valence-corrected chi connectivity index (χ2v) is 7.05. The molecule has 3 nitrogen and oxygen atoms in total. The maximum absolute atomic E-state index is 14.6. The molecule has 0 saturated heterocycles. The molecule has 0 amide bonds. The third-order valence-electron chi connectivity index (χ3n) is 4.69. The van der Waals surface area contributed by atoms with Gasteiger partial charge in [-0.15, -0.1) is 0 Å². The number of halogens is 3. The molecule has 0 bridgehead atoms. The quantitative estimate of drug-likeness (QED) is 0.888. The second kappa shape index (κ2) is 6.35. The van der Waals surface area contributed by atoms with Crippen molar-refractivity contribution in [1.29, 1.82) is 0 Å². The average molecular weight is 351 g/mol. The molecule has 25 heavy (non-hydrogen) atoms. The van der Waals surface area contributed by atoms with E-state index in [2.05, 4.69) is 0 Å². The van der Waals surface area contributed by atoms with Gasteiger partial charge in [-0.05, 0) is 29.3 Å². The summed E-state index contributed by atoms with van der Waals surface area (Å²) in [6.07, 6.45) is -1.26. The number of rotatable bonds is 4. The molecular weight excluding hydrogens is 331 g/mol. The topological polar surface area (TPSA) is 43.7 Å². The Morgan fingerprint density at radius 1 is 1.12 bits per heavy atom. The largest absolute Gasteiger partial charge is 0.394 e. The molecule has 1 aliphatic rings. The Labute approximate surface area is 144 Å².